The molecule has 4 nitrogen and oxygen atoms in total. The Morgan fingerprint density at radius 2 is 1.41 bits per heavy atom. The van der Waals surface area contributed by atoms with Crippen LogP contribution in [0.5, 0.6) is 0 Å². The van der Waals surface area contributed by atoms with Gasteiger partial charge >= 0.3 is 0 Å². The molecule has 0 aliphatic heterocycles. The Labute approximate surface area is 169 Å². The van der Waals surface area contributed by atoms with Crippen molar-refractivity contribution in [3.05, 3.63) is 86.7 Å². The van der Waals surface area contributed by atoms with E-state index in [0.717, 1.165) is 28.1 Å². The number of rotatable bonds is 6. The Kier molecular flexibility index (Phi) is 5.92. The van der Waals surface area contributed by atoms with E-state index >= 15 is 0 Å². The third-order valence-corrected chi connectivity index (χ3v) is 5.42. The molecule has 0 spiro atoms. The van der Waals surface area contributed by atoms with E-state index in [4.69, 9.17) is 23.2 Å². The second kappa shape index (κ2) is 8.03. The van der Waals surface area contributed by atoms with Crippen LogP contribution in [0.2, 0.25) is 10.0 Å². The van der Waals surface area contributed by atoms with Gasteiger partial charge in [-0.15, -0.1) is 0 Å². The number of aliphatic hydroxyl groups excluding tert-OH is 1. The smallest absolute Gasteiger partial charge is 0.119 e. The van der Waals surface area contributed by atoms with Crippen molar-refractivity contribution in [1.29, 1.82) is 0 Å². The summed E-state index contributed by atoms with van der Waals surface area (Å²) in [5.41, 5.74) is 2.93. The number of aryl methyl sites for hydroxylation is 1. The molecule has 0 amide bonds. The van der Waals surface area contributed by atoms with Crippen LogP contribution in [0.25, 0.3) is 0 Å². The second-order valence-electron chi connectivity index (χ2n) is 6.65. The van der Waals surface area contributed by atoms with Crippen molar-refractivity contribution in [3.8, 4) is 0 Å². The van der Waals surface area contributed by atoms with Crippen LogP contribution in [-0.2, 0) is 18.6 Å². The monoisotopic (exact) mass is 404 g/mol. The zero-order valence-corrected chi connectivity index (χ0v) is 16.8. The molecule has 3 aromatic rings. The molecule has 0 saturated carbocycles. The molecule has 0 fully saturated rings. The molecule has 3 rings (SSSR count). The van der Waals surface area contributed by atoms with Crippen LogP contribution in [0, 0.1) is 13.8 Å². The van der Waals surface area contributed by atoms with E-state index in [-0.39, 0.29) is 6.61 Å². The van der Waals surface area contributed by atoms with Crippen molar-refractivity contribution < 1.29 is 10.2 Å². The fourth-order valence-electron chi connectivity index (χ4n) is 3.38. The quantitative estimate of drug-likeness (QED) is 0.644. The first-order valence-corrected chi connectivity index (χ1v) is 9.49. The Morgan fingerprint density at radius 3 is 1.85 bits per heavy atom. The van der Waals surface area contributed by atoms with Crippen LogP contribution in [0.1, 0.15) is 28.1 Å². The number of aliphatic hydroxyl groups is 2. The third kappa shape index (κ3) is 4.04. The van der Waals surface area contributed by atoms with E-state index in [2.05, 4.69) is 5.10 Å². The number of hydrogen-bond acceptors (Lipinski definition) is 3. The minimum absolute atomic E-state index is 0.0139. The number of halogens is 2. The first-order chi connectivity index (χ1) is 12.8. The van der Waals surface area contributed by atoms with E-state index < -0.39 is 5.60 Å². The van der Waals surface area contributed by atoms with Crippen molar-refractivity contribution >= 4 is 23.2 Å². The van der Waals surface area contributed by atoms with Crippen LogP contribution in [0.4, 0.5) is 0 Å². The van der Waals surface area contributed by atoms with Crippen molar-refractivity contribution in [1.82, 2.24) is 9.78 Å². The van der Waals surface area contributed by atoms with Crippen molar-refractivity contribution in [2.45, 2.75) is 32.4 Å². The third-order valence-electron chi connectivity index (χ3n) is 4.92. The summed E-state index contributed by atoms with van der Waals surface area (Å²) in [5.74, 6) is 0. The van der Waals surface area contributed by atoms with Gasteiger partial charge in [-0.3, -0.25) is 4.68 Å². The van der Waals surface area contributed by atoms with Gasteiger partial charge in [-0.25, -0.2) is 0 Å². The highest BCUT2D eigenvalue weighted by Crippen LogP contribution is 2.36. The first-order valence-electron chi connectivity index (χ1n) is 8.73. The fourth-order valence-corrected chi connectivity index (χ4v) is 3.63. The Morgan fingerprint density at radius 1 is 0.926 bits per heavy atom. The zero-order valence-electron chi connectivity index (χ0n) is 15.3. The number of aromatic nitrogens is 2. The lowest BCUT2D eigenvalue weighted by Crippen LogP contribution is -2.30. The van der Waals surface area contributed by atoms with E-state index in [1.165, 1.54) is 0 Å². The highest BCUT2D eigenvalue weighted by Gasteiger charge is 2.34. The normalized spacial score (nSPS) is 11.8. The minimum Gasteiger partial charge on any atom is -0.394 e. The summed E-state index contributed by atoms with van der Waals surface area (Å²) in [6, 6.07) is 14.4. The van der Waals surface area contributed by atoms with Crippen LogP contribution < -0.4 is 0 Å². The maximum Gasteiger partial charge on any atom is 0.119 e. The van der Waals surface area contributed by atoms with Gasteiger partial charge in [0.25, 0.3) is 0 Å². The zero-order chi connectivity index (χ0) is 19.6. The van der Waals surface area contributed by atoms with E-state index in [1.54, 1.807) is 28.9 Å². The summed E-state index contributed by atoms with van der Waals surface area (Å²) in [7, 11) is 0. The van der Waals surface area contributed by atoms with E-state index in [1.807, 2.05) is 38.1 Å². The highest BCUT2D eigenvalue weighted by atomic mass is 35.5. The maximum absolute atomic E-state index is 11.8. The largest absolute Gasteiger partial charge is 0.394 e. The average Bonchev–Trinajstić information content (AvgIpc) is 2.90. The average molecular weight is 405 g/mol. The molecule has 0 unspecified atom stereocenters. The van der Waals surface area contributed by atoms with E-state index in [0.29, 0.717) is 23.0 Å². The SMILES string of the molecule is Cc1nn(CCO)c(C)c1CC(O)(c1ccc(Cl)cc1)c1ccc(Cl)cc1. The lowest BCUT2D eigenvalue weighted by atomic mass is 9.81. The number of benzene rings is 2. The summed E-state index contributed by atoms with van der Waals surface area (Å²) in [4.78, 5) is 0. The summed E-state index contributed by atoms with van der Waals surface area (Å²) in [6.07, 6.45) is 0.347. The molecule has 0 aliphatic carbocycles. The Balaban J connectivity index is 2.11. The molecular weight excluding hydrogens is 383 g/mol. The maximum atomic E-state index is 11.8. The van der Waals surface area contributed by atoms with Crippen LogP contribution in [0.15, 0.2) is 48.5 Å². The summed E-state index contributed by atoms with van der Waals surface area (Å²) in [6.45, 7) is 4.31. The Hall–Kier alpha value is -1.85. The topological polar surface area (TPSA) is 58.3 Å². The number of hydrogen-bond donors (Lipinski definition) is 2. The van der Waals surface area contributed by atoms with Crippen LogP contribution >= 0.6 is 23.2 Å². The van der Waals surface area contributed by atoms with Crippen molar-refractivity contribution in [3.63, 3.8) is 0 Å². The molecule has 1 heterocycles. The van der Waals surface area contributed by atoms with Gasteiger partial charge < -0.3 is 10.2 Å². The lowest BCUT2D eigenvalue weighted by molar-refractivity contribution is 0.0807. The van der Waals surface area contributed by atoms with Gasteiger partial charge in [0.2, 0.25) is 0 Å². The molecule has 6 heteroatoms. The van der Waals surface area contributed by atoms with Gasteiger partial charge in [-0.05, 0) is 54.8 Å². The van der Waals surface area contributed by atoms with Crippen LogP contribution in [-0.4, -0.2) is 26.6 Å². The molecule has 2 N–H and O–H groups in total. The molecule has 0 bridgehead atoms. The molecule has 0 aliphatic rings. The molecule has 2 aromatic carbocycles. The Bertz CT molecular complexity index is 873. The molecule has 0 saturated heterocycles. The fraction of sp³-hybridized carbons (Fsp3) is 0.286. The molecule has 0 atom stereocenters. The van der Waals surface area contributed by atoms with Crippen LogP contribution in [0.3, 0.4) is 0 Å². The van der Waals surface area contributed by atoms with Gasteiger partial charge in [0.15, 0.2) is 0 Å². The van der Waals surface area contributed by atoms with Gasteiger partial charge in [-0.2, -0.15) is 5.10 Å². The second-order valence-corrected chi connectivity index (χ2v) is 7.52. The van der Waals surface area contributed by atoms with Gasteiger partial charge in [-0.1, -0.05) is 47.5 Å². The molecular formula is C21H22Cl2N2O2. The molecule has 1 aromatic heterocycles. The molecule has 27 heavy (non-hydrogen) atoms. The van der Waals surface area contributed by atoms with Crippen molar-refractivity contribution in [2.75, 3.05) is 6.61 Å². The minimum atomic E-state index is -1.27. The van der Waals surface area contributed by atoms with E-state index in [9.17, 15) is 10.2 Å². The van der Waals surface area contributed by atoms with Gasteiger partial charge in [0, 0.05) is 22.2 Å². The standard InChI is InChI=1S/C21H22Cl2N2O2/c1-14-20(15(2)25(24-14)11-12-26)13-21(27,16-3-7-18(22)8-4-16)17-5-9-19(23)10-6-17/h3-10,26-27H,11-13H2,1-2H3. The summed E-state index contributed by atoms with van der Waals surface area (Å²) < 4.78 is 1.77. The molecule has 142 valence electrons. The van der Waals surface area contributed by atoms with Gasteiger partial charge in [0.1, 0.15) is 5.60 Å². The van der Waals surface area contributed by atoms with Gasteiger partial charge in [0.05, 0.1) is 18.8 Å². The summed E-state index contributed by atoms with van der Waals surface area (Å²) in [5, 5.41) is 26.8. The lowest BCUT2D eigenvalue weighted by Gasteiger charge is -2.30. The predicted molar refractivity (Wildman–Crippen MR) is 108 cm³/mol. The molecule has 0 radical (unpaired) electrons. The number of nitrogens with zero attached hydrogens (tertiary/aromatic N) is 2. The summed E-state index contributed by atoms with van der Waals surface area (Å²) >= 11 is 12.1. The van der Waals surface area contributed by atoms with Crippen molar-refractivity contribution in [2.24, 2.45) is 0 Å². The predicted octanol–water partition coefficient (Wildman–Crippen LogP) is 4.28. The highest BCUT2D eigenvalue weighted by molar-refractivity contribution is 6.30. The first kappa shape index (κ1) is 19.9.